The predicted octanol–water partition coefficient (Wildman–Crippen LogP) is 3.59. The Hall–Kier alpha value is -2.31. The lowest BCUT2D eigenvalue weighted by Gasteiger charge is -2.59. The highest BCUT2D eigenvalue weighted by Gasteiger charge is 2.58. The van der Waals surface area contributed by atoms with Crippen molar-refractivity contribution < 1.29 is 18.7 Å². The highest BCUT2D eigenvalue weighted by molar-refractivity contribution is 5.81. The fourth-order valence-corrected chi connectivity index (χ4v) is 8.04. The fraction of sp³-hybridized carbons (Fsp3) is 0.680. The van der Waals surface area contributed by atoms with Gasteiger partial charge in [-0.2, -0.15) is 0 Å². The van der Waals surface area contributed by atoms with E-state index in [0.717, 1.165) is 57.8 Å². The van der Waals surface area contributed by atoms with E-state index in [-0.39, 0.29) is 47.4 Å². The summed E-state index contributed by atoms with van der Waals surface area (Å²) < 4.78 is 19.3. The van der Waals surface area contributed by atoms with Gasteiger partial charge in [0.05, 0.1) is 0 Å². The number of carbonyl (C=O) groups excluding carboxylic acids is 2. The molecule has 6 bridgehead atoms. The molecule has 2 saturated heterocycles. The van der Waals surface area contributed by atoms with Crippen LogP contribution >= 0.6 is 0 Å². The second kappa shape index (κ2) is 7.35. The Morgan fingerprint density at radius 2 is 1.62 bits per heavy atom. The zero-order valence-corrected chi connectivity index (χ0v) is 18.3. The van der Waals surface area contributed by atoms with Crippen LogP contribution in [0.3, 0.4) is 0 Å². The molecule has 0 spiro atoms. The van der Waals surface area contributed by atoms with E-state index in [2.05, 4.69) is 10.2 Å². The van der Waals surface area contributed by atoms with E-state index in [1.165, 1.54) is 12.1 Å². The molecule has 0 radical (unpaired) electrons. The predicted molar refractivity (Wildman–Crippen MR) is 116 cm³/mol. The van der Waals surface area contributed by atoms with Crippen molar-refractivity contribution in [3.8, 4) is 5.75 Å². The Morgan fingerprint density at radius 3 is 2.22 bits per heavy atom. The Morgan fingerprint density at radius 1 is 1.00 bits per heavy atom. The highest BCUT2D eigenvalue weighted by Crippen LogP contribution is 2.60. The van der Waals surface area contributed by atoms with Gasteiger partial charge in [-0.3, -0.25) is 4.79 Å². The monoisotopic (exact) mass is 441 g/mol. The molecule has 3 amide bonds. The molecule has 2 heterocycles. The first-order chi connectivity index (χ1) is 15.4. The Bertz CT molecular complexity index is 892. The number of benzene rings is 1. The SMILES string of the molecule is NC(=O)C12CC3CC(C1)C(NC(=O)N1[C@@H]4CC[C@H]1C[C@@H](Oc1ccc(F)cc1)C4)C(C3)C2. The minimum Gasteiger partial charge on any atom is -0.490 e. The van der Waals surface area contributed by atoms with Gasteiger partial charge in [0, 0.05) is 36.4 Å². The zero-order valence-electron chi connectivity index (χ0n) is 18.3. The van der Waals surface area contributed by atoms with Crippen LogP contribution in [0.1, 0.15) is 57.8 Å². The molecular weight excluding hydrogens is 409 g/mol. The molecule has 4 aliphatic carbocycles. The minimum absolute atomic E-state index is 0.0543. The highest BCUT2D eigenvalue weighted by atomic mass is 19.1. The van der Waals surface area contributed by atoms with Crippen molar-refractivity contribution in [3.63, 3.8) is 0 Å². The van der Waals surface area contributed by atoms with Gasteiger partial charge in [-0.05, 0) is 87.0 Å². The molecule has 7 rings (SSSR count). The third-order valence-corrected chi connectivity index (χ3v) is 9.13. The minimum atomic E-state index is -0.327. The van der Waals surface area contributed by atoms with Crippen molar-refractivity contribution in [2.75, 3.05) is 0 Å². The number of fused-ring (bicyclic) bond motifs is 2. The first-order valence-electron chi connectivity index (χ1n) is 12.2. The van der Waals surface area contributed by atoms with Gasteiger partial charge < -0.3 is 20.7 Å². The summed E-state index contributed by atoms with van der Waals surface area (Å²) in [5, 5.41) is 3.41. The van der Waals surface area contributed by atoms with Gasteiger partial charge in [-0.25, -0.2) is 9.18 Å². The van der Waals surface area contributed by atoms with E-state index in [1.807, 2.05) is 0 Å². The van der Waals surface area contributed by atoms with Crippen LogP contribution in [-0.2, 0) is 4.79 Å². The number of amides is 3. The molecule has 1 aromatic rings. The lowest BCUT2D eigenvalue weighted by Crippen LogP contribution is -2.64. The summed E-state index contributed by atoms with van der Waals surface area (Å²) >= 11 is 0. The summed E-state index contributed by atoms with van der Waals surface area (Å²) in [5.74, 6) is 1.61. The van der Waals surface area contributed by atoms with Crippen molar-refractivity contribution in [2.45, 2.75) is 82.0 Å². The van der Waals surface area contributed by atoms with Gasteiger partial charge in [0.25, 0.3) is 0 Å². The largest absolute Gasteiger partial charge is 0.490 e. The van der Waals surface area contributed by atoms with Crippen molar-refractivity contribution in [1.29, 1.82) is 0 Å². The fourth-order valence-electron chi connectivity index (χ4n) is 8.04. The van der Waals surface area contributed by atoms with E-state index >= 15 is 0 Å². The third kappa shape index (κ3) is 3.27. The smallest absolute Gasteiger partial charge is 0.318 e. The Kier molecular flexibility index (Phi) is 4.67. The van der Waals surface area contributed by atoms with Crippen LogP contribution in [0.15, 0.2) is 24.3 Å². The molecule has 5 atom stereocenters. The van der Waals surface area contributed by atoms with Crippen molar-refractivity contribution in [3.05, 3.63) is 30.1 Å². The summed E-state index contributed by atoms with van der Waals surface area (Å²) in [6, 6.07) is 6.77. The molecule has 7 heteroatoms. The first kappa shape index (κ1) is 20.3. The summed E-state index contributed by atoms with van der Waals surface area (Å²) in [4.78, 5) is 27.7. The average Bonchev–Trinajstić information content (AvgIpc) is 3.02. The number of halogens is 1. The van der Waals surface area contributed by atoms with E-state index in [4.69, 9.17) is 10.5 Å². The topological polar surface area (TPSA) is 84.7 Å². The average molecular weight is 442 g/mol. The number of primary amides is 1. The van der Waals surface area contributed by atoms with E-state index in [1.54, 1.807) is 12.1 Å². The zero-order chi connectivity index (χ0) is 22.0. The third-order valence-electron chi connectivity index (χ3n) is 9.13. The molecule has 32 heavy (non-hydrogen) atoms. The molecule has 6 nitrogen and oxygen atoms in total. The van der Waals surface area contributed by atoms with Crippen molar-refractivity contribution in [2.24, 2.45) is 28.9 Å². The maximum absolute atomic E-state index is 13.4. The molecule has 2 aliphatic heterocycles. The number of piperidine rings is 1. The molecule has 172 valence electrons. The second-order valence-electron chi connectivity index (χ2n) is 11.0. The van der Waals surface area contributed by atoms with Crippen LogP contribution < -0.4 is 15.8 Å². The molecular formula is C25H32FN3O3. The quantitative estimate of drug-likeness (QED) is 0.749. The summed E-state index contributed by atoms with van der Waals surface area (Å²) in [6.07, 6.45) is 8.52. The maximum Gasteiger partial charge on any atom is 0.318 e. The number of hydrogen-bond acceptors (Lipinski definition) is 3. The van der Waals surface area contributed by atoms with Crippen LogP contribution in [-0.4, -0.2) is 41.1 Å². The van der Waals surface area contributed by atoms with Crippen molar-refractivity contribution >= 4 is 11.9 Å². The van der Waals surface area contributed by atoms with E-state index in [0.29, 0.717) is 23.5 Å². The van der Waals surface area contributed by atoms with Gasteiger partial charge in [-0.15, -0.1) is 0 Å². The maximum atomic E-state index is 13.4. The molecule has 4 saturated carbocycles. The van der Waals surface area contributed by atoms with Gasteiger partial charge in [-0.1, -0.05) is 0 Å². The number of nitrogens with zero attached hydrogens (tertiary/aromatic N) is 1. The van der Waals surface area contributed by atoms with Gasteiger partial charge >= 0.3 is 6.03 Å². The first-order valence-corrected chi connectivity index (χ1v) is 12.2. The van der Waals surface area contributed by atoms with E-state index in [9.17, 15) is 14.0 Å². The number of nitrogens with one attached hydrogen (secondary N) is 1. The normalized spacial score (nSPS) is 41.5. The van der Waals surface area contributed by atoms with Crippen LogP contribution in [0.25, 0.3) is 0 Å². The van der Waals surface area contributed by atoms with E-state index < -0.39 is 0 Å². The molecule has 3 N–H and O–H groups in total. The van der Waals surface area contributed by atoms with Gasteiger partial charge in [0.1, 0.15) is 17.7 Å². The van der Waals surface area contributed by atoms with Crippen LogP contribution in [0, 0.1) is 29.0 Å². The number of nitrogens with two attached hydrogens (primary N) is 1. The van der Waals surface area contributed by atoms with Gasteiger partial charge in [0.2, 0.25) is 5.91 Å². The molecule has 0 aromatic heterocycles. The summed E-state index contributed by atoms with van der Waals surface area (Å²) in [6.45, 7) is 0. The molecule has 2 unspecified atom stereocenters. The van der Waals surface area contributed by atoms with Crippen LogP contribution in [0.4, 0.5) is 9.18 Å². The van der Waals surface area contributed by atoms with Gasteiger partial charge in [0.15, 0.2) is 0 Å². The number of urea groups is 1. The standard InChI is InChI=1S/C25H32FN3O3/c26-17-1-5-20(6-2-17)32-21-9-18-3-4-19(10-21)29(18)24(31)28-22-15-7-14-8-16(22)13-25(11-14,12-15)23(27)30/h1-2,5-6,14-16,18-19,21-22H,3-4,7-13H2,(H2,27,30)(H,28,31)/t14?,15?,16?,18-,19+,21+,22?,25?. The second-order valence-corrected chi connectivity index (χ2v) is 11.0. The number of ether oxygens (including phenoxy) is 1. The number of carbonyl (C=O) groups is 2. The van der Waals surface area contributed by atoms with Crippen molar-refractivity contribution in [1.82, 2.24) is 10.2 Å². The van der Waals surface area contributed by atoms with Crippen LogP contribution in [0.5, 0.6) is 5.75 Å². The molecule has 6 aliphatic rings. The summed E-state index contributed by atoms with van der Waals surface area (Å²) in [7, 11) is 0. The molecule has 1 aromatic carbocycles. The Labute approximate surface area is 188 Å². The molecule has 6 fully saturated rings. The lowest BCUT2D eigenvalue weighted by atomic mass is 9.47. The summed E-state index contributed by atoms with van der Waals surface area (Å²) in [5.41, 5.74) is 5.48. The number of hydrogen-bond donors (Lipinski definition) is 2. The van der Waals surface area contributed by atoms with Crippen LogP contribution in [0.2, 0.25) is 0 Å². The lowest BCUT2D eigenvalue weighted by molar-refractivity contribution is -0.145. The number of rotatable bonds is 4. The Balaban J connectivity index is 1.11.